The second-order valence-electron chi connectivity index (χ2n) is 6.99. The molecule has 114 valence electrons. The molecule has 0 aliphatic heterocycles. The summed E-state index contributed by atoms with van der Waals surface area (Å²) in [5.74, 6) is 0. The van der Waals surface area contributed by atoms with E-state index < -0.39 is 8.07 Å². The Morgan fingerprint density at radius 3 is 2.29 bits per heavy atom. The quantitative estimate of drug-likeness (QED) is 0.716. The molecule has 1 nitrogen and oxygen atoms in total. The van der Waals surface area contributed by atoms with E-state index in [9.17, 15) is 0 Å². The normalized spacial score (nSPS) is 13.6. The Kier molecular flexibility index (Phi) is 5.41. The summed E-state index contributed by atoms with van der Waals surface area (Å²) in [5.41, 5.74) is 1.41. The highest BCUT2D eigenvalue weighted by molar-refractivity contribution is 7.09. The predicted molar refractivity (Wildman–Crippen MR) is 98.4 cm³/mol. The van der Waals surface area contributed by atoms with E-state index in [0.29, 0.717) is 6.04 Å². The first-order chi connectivity index (χ1) is 9.86. The van der Waals surface area contributed by atoms with E-state index in [-0.39, 0.29) is 0 Å². The molecule has 0 N–H and O–H groups in total. The average molecular weight is 318 g/mol. The van der Waals surface area contributed by atoms with Crippen molar-refractivity contribution in [1.82, 2.24) is 4.90 Å². The van der Waals surface area contributed by atoms with Crippen molar-refractivity contribution in [2.75, 3.05) is 7.05 Å². The zero-order valence-corrected chi connectivity index (χ0v) is 15.7. The molecule has 21 heavy (non-hydrogen) atoms. The number of hydrogen-bond acceptors (Lipinski definition) is 2. The van der Waals surface area contributed by atoms with Gasteiger partial charge in [0.05, 0.1) is 8.07 Å². The lowest BCUT2D eigenvalue weighted by Crippen LogP contribution is -2.37. The number of benzene rings is 1. The third-order valence-corrected chi connectivity index (χ3v) is 7.05. The van der Waals surface area contributed by atoms with Crippen molar-refractivity contribution in [3.05, 3.63) is 52.2 Å². The van der Waals surface area contributed by atoms with Crippen LogP contribution >= 0.6 is 11.3 Å². The predicted octanol–water partition coefficient (Wildman–Crippen LogP) is 4.36. The number of rotatable bonds is 6. The van der Waals surface area contributed by atoms with Crippen molar-refractivity contribution in [2.24, 2.45) is 0 Å². The Morgan fingerprint density at radius 1 is 1.10 bits per heavy atom. The van der Waals surface area contributed by atoms with Gasteiger partial charge in [-0.15, -0.1) is 11.3 Å². The van der Waals surface area contributed by atoms with Gasteiger partial charge in [0.1, 0.15) is 0 Å². The number of thiophene rings is 1. The summed E-state index contributed by atoms with van der Waals surface area (Å²) >= 11 is 1.86. The molecule has 1 aromatic heterocycles. The number of nitrogens with zero attached hydrogens (tertiary/aromatic N) is 1. The lowest BCUT2D eigenvalue weighted by atomic mass is 10.1. The molecule has 2 rings (SSSR count). The molecule has 0 saturated heterocycles. The van der Waals surface area contributed by atoms with Crippen molar-refractivity contribution in [2.45, 2.75) is 45.6 Å². The SMILES string of the molecule is CC(Cc1cccs1)N(C)Cc1ccc([Si](C)(C)C)cc1. The van der Waals surface area contributed by atoms with E-state index in [4.69, 9.17) is 0 Å². The minimum atomic E-state index is -1.17. The van der Waals surface area contributed by atoms with Gasteiger partial charge in [-0.3, -0.25) is 4.90 Å². The van der Waals surface area contributed by atoms with Gasteiger partial charge in [-0.05, 0) is 37.4 Å². The maximum Gasteiger partial charge on any atom is 0.0775 e. The van der Waals surface area contributed by atoms with Crippen molar-refractivity contribution in [3.63, 3.8) is 0 Å². The highest BCUT2D eigenvalue weighted by atomic mass is 32.1. The van der Waals surface area contributed by atoms with Crippen LogP contribution in [0.25, 0.3) is 0 Å². The molecule has 0 aliphatic rings. The van der Waals surface area contributed by atoms with Crippen molar-refractivity contribution in [3.8, 4) is 0 Å². The summed E-state index contributed by atoms with van der Waals surface area (Å²) in [5, 5.41) is 3.71. The molecule has 0 bridgehead atoms. The molecule has 0 spiro atoms. The fourth-order valence-corrected chi connectivity index (χ4v) is 4.42. The van der Waals surface area contributed by atoms with Crippen LogP contribution in [-0.2, 0) is 13.0 Å². The van der Waals surface area contributed by atoms with Crippen LogP contribution in [-0.4, -0.2) is 26.1 Å². The first-order valence-electron chi connectivity index (χ1n) is 7.68. The Hall–Kier alpha value is -0.903. The fourth-order valence-electron chi connectivity index (χ4n) is 2.43. The molecule has 0 saturated carbocycles. The smallest absolute Gasteiger partial charge is 0.0775 e. The van der Waals surface area contributed by atoms with Gasteiger partial charge >= 0.3 is 0 Å². The summed E-state index contributed by atoms with van der Waals surface area (Å²) in [6.07, 6.45) is 1.14. The van der Waals surface area contributed by atoms with Gasteiger partial charge in [-0.1, -0.05) is 55.2 Å². The Bertz CT molecular complexity index is 540. The van der Waals surface area contributed by atoms with Crippen LogP contribution in [0.1, 0.15) is 17.4 Å². The molecule has 1 unspecified atom stereocenters. The Morgan fingerprint density at radius 2 is 1.76 bits per heavy atom. The van der Waals surface area contributed by atoms with Gasteiger partial charge in [-0.25, -0.2) is 0 Å². The summed E-state index contributed by atoms with van der Waals surface area (Å²) in [4.78, 5) is 3.92. The second kappa shape index (κ2) is 6.90. The van der Waals surface area contributed by atoms with E-state index in [0.717, 1.165) is 13.0 Å². The summed E-state index contributed by atoms with van der Waals surface area (Å²) in [7, 11) is 1.05. The van der Waals surface area contributed by atoms with Crippen LogP contribution in [0, 0.1) is 0 Å². The second-order valence-corrected chi connectivity index (χ2v) is 13.1. The lowest BCUT2D eigenvalue weighted by molar-refractivity contribution is 0.249. The van der Waals surface area contributed by atoms with Crippen LogP contribution in [0.3, 0.4) is 0 Å². The van der Waals surface area contributed by atoms with E-state index in [1.165, 1.54) is 10.4 Å². The van der Waals surface area contributed by atoms with Crippen LogP contribution in [0.5, 0.6) is 0 Å². The molecule has 0 fully saturated rings. The average Bonchev–Trinajstić information content (AvgIpc) is 2.91. The van der Waals surface area contributed by atoms with Crippen LogP contribution in [0.15, 0.2) is 41.8 Å². The zero-order chi connectivity index (χ0) is 15.5. The van der Waals surface area contributed by atoms with E-state index >= 15 is 0 Å². The fraction of sp³-hybridized carbons (Fsp3) is 0.444. The molecule has 0 radical (unpaired) electrons. The van der Waals surface area contributed by atoms with Crippen molar-refractivity contribution in [1.29, 1.82) is 0 Å². The van der Waals surface area contributed by atoms with Crippen LogP contribution in [0.2, 0.25) is 19.6 Å². The summed E-state index contributed by atoms with van der Waals surface area (Å²) in [6.45, 7) is 10.5. The largest absolute Gasteiger partial charge is 0.299 e. The summed E-state index contributed by atoms with van der Waals surface area (Å²) < 4.78 is 0. The minimum Gasteiger partial charge on any atom is -0.299 e. The van der Waals surface area contributed by atoms with E-state index in [1.807, 2.05) is 11.3 Å². The number of likely N-dealkylation sites (N-methyl/N-ethyl adjacent to an activating group) is 1. The molecular formula is C18H27NSSi. The molecule has 0 amide bonds. The molecule has 0 aliphatic carbocycles. The minimum absolute atomic E-state index is 0.570. The third kappa shape index (κ3) is 4.80. The monoisotopic (exact) mass is 317 g/mol. The molecular weight excluding hydrogens is 290 g/mol. The Labute approximate surface area is 134 Å². The zero-order valence-electron chi connectivity index (χ0n) is 13.9. The highest BCUT2D eigenvalue weighted by Crippen LogP contribution is 2.15. The van der Waals surface area contributed by atoms with Crippen molar-refractivity contribution < 1.29 is 0 Å². The lowest BCUT2D eigenvalue weighted by Gasteiger charge is -2.25. The maximum absolute atomic E-state index is 2.45. The van der Waals surface area contributed by atoms with Crippen LogP contribution in [0.4, 0.5) is 0 Å². The van der Waals surface area contributed by atoms with Gasteiger partial charge in [0.25, 0.3) is 0 Å². The van der Waals surface area contributed by atoms with Gasteiger partial charge in [0.2, 0.25) is 0 Å². The van der Waals surface area contributed by atoms with Crippen LogP contribution < -0.4 is 5.19 Å². The van der Waals surface area contributed by atoms with E-state index in [1.54, 1.807) is 5.19 Å². The van der Waals surface area contributed by atoms with Gasteiger partial charge < -0.3 is 0 Å². The molecule has 3 heteroatoms. The topological polar surface area (TPSA) is 3.24 Å². The van der Waals surface area contributed by atoms with Crippen molar-refractivity contribution >= 4 is 24.6 Å². The number of hydrogen-bond donors (Lipinski definition) is 0. The van der Waals surface area contributed by atoms with E-state index in [2.05, 4.69) is 80.3 Å². The summed E-state index contributed by atoms with van der Waals surface area (Å²) in [6, 6.07) is 14.2. The Balaban J connectivity index is 1.94. The third-order valence-electron chi connectivity index (χ3n) is 4.08. The maximum atomic E-state index is 2.45. The first-order valence-corrected chi connectivity index (χ1v) is 12.1. The molecule has 1 atom stereocenters. The standard InChI is InChI=1S/C18H27NSSi/c1-15(13-17-7-6-12-20-17)19(2)14-16-8-10-18(11-9-16)21(3,4)5/h6-12,15H,13-14H2,1-5H3. The first kappa shape index (κ1) is 16.5. The van der Waals surface area contributed by atoms with Gasteiger partial charge in [-0.2, -0.15) is 0 Å². The molecule has 1 aromatic carbocycles. The molecule has 1 heterocycles. The molecule has 2 aromatic rings. The highest BCUT2D eigenvalue weighted by Gasteiger charge is 2.16. The van der Waals surface area contributed by atoms with Gasteiger partial charge in [0, 0.05) is 17.5 Å². The van der Waals surface area contributed by atoms with Gasteiger partial charge in [0.15, 0.2) is 0 Å².